The second-order valence-electron chi connectivity index (χ2n) is 4.26. The van der Waals surface area contributed by atoms with Gasteiger partial charge in [-0.3, -0.25) is 10.1 Å². The van der Waals surface area contributed by atoms with E-state index in [0.717, 1.165) is 31.0 Å². The van der Waals surface area contributed by atoms with Crippen LogP contribution in [0.25, 0.3) is 0 Å². The maximum atomic E-state index is 4.40. The Labute approximate surface area is 145 Å². The molecule has 0 atom stereocenters. The molecule has 0 spiro atoms. The van der Waals surface area contributed by atoms with Crippen molar-refractivity contribution in [3.63, 3.8) is 0 Å². The summed E-state index contributed by atoms with van der Waals surface area (Å²) in [7, 11) is 1.76. The lowest BCUT2D eigenvalue weighted by Crippen LogP contribution is -2.37. The van der Waals surface area contributed by atoms with Gasteiger partial charge in [-0.1, -0.05) is 6.92 Å². The number of aromatic amines is 1. The van der Waals surface area contributed by atoms with E-state index in [-0.39, 0.29) is 24.0 Å². The molecule has 0 bridgehead atoms. The topological polar surface area (TPSA) is 78.0 Å². The molecule has 3 N–H and O–H groups in total. The molecule has 0 unspecified atom stereocenters. The second kappa shape index (κ2) is 9.72. The molecule has 2 aromatic rings. The predicted molar refractivity (Wildman–Crippen MR) is 97.4 cm³/mol. The molecule has 0 saturated heterocycles. The number of hydrogen-bond acceptors (Lipinski definition) is 4. The largest absolute Gasteiger partial charge is 0.356 e. The molecule has 2 heterocycles. The van der Waals surface area contributed by atoms with E-state index < -0.39 is 0 Å². The Balaban J connectivity index is 0.00000220. The van der Waals surface area contributed by atoms with Crippen LogP contribution in [-0.2, 0) is 19.4 Å². The number of rotatable bonds is 6. The van der Waals surface area contributed by atoms with Crippen molar-refractivity contribution in [3.8, 4) is 0 Å². The predicted octanol–water partition coefficient (Wildman–Crippen LogP) is 1.95. The Morgan fingerprint density at radius 1 is 1.43 bits per heavy atom. The monoisotopic (exact) mass is 420 g/mol. The zero-order valence-electron chi connectivity index (χ0n) is 12.2. The van der Waals surface area contributed by atoms with Crippen molar-refractivity contribution in [1.29, 1.82) is 0 Å². The van der Waals surface area contributed by atoms with Crippen molar-refractivity contribution < 1.29 is 0 Å². The van der Waals surface area contributed by atoms with E-state index in [1.54, 1.807) is 24.6 Å². The van der Waals surface area contributed by atoms with Gasteiger partial charge in [-0.2, -0.15) is 5.10 Å². The molecule has 6 nitrogen and oxygen atoms in total. The Kier molecular flexibility index (Phi) is 8.28. The van der Waals surface area contributed by atoms with Crippen molar-refractivity contribution in [2.24, 2.45) is 4.99 Å². The molecule has 116 valence electrons. The van der Waals surface area contributed by atoms with E-state index in [9.17, 15) is 0 Å². The van der Waals surface area contributed by atoms with Crippen LogP contribution >= 0.6 is 35.3 Å². The van der Waals surface area contributed by atoms with Crippen molar-refractivity contribution in [2.75, 3.05) is 13.6 Å². The molecule has 0 aromatic carbocycles. The van der Waals surface area contributed by atoms with E-state index in [4.69, 9.17) is 0 Å². The van der Waals surface area contributed by atoms with Crippen molar-refractivity contribution in [1.82, 2.24) is 25.8 Å². The van der Waals surface area contributed by atoms with Gasteiger partial charge in [0.2, 0.25) is 0 Å². The van der Waals surface area contributed by atoms with Gasteiger partial charge in [-0.25, -0.2) is 4.98 Å². The minimum atomic E-state index is 0. The highest BCUT2D eigenvalue weighted by molar-refractivity contribution is 14.0. The molecule has 0 aliphatic rings. The van der Waals surface area contributed by atoms with Gasteiger partial charge < -0.3 is 10.6 Å². The van der Waals surface area contributed by atoms with Gasteiger partial charge in [-0.15, -0.1) is 35.3 Å². The third kappa shape index (κ3) is 6.00. The quantitative estimate of drug-likeness (QED) is 0.379. The number of aliphatic imine (C=N–C) groups is 1. The zero-order valence-corrected chi connectivity index (χ0v) is 15.4. The van der Waals surface area contributed by atoms with Crippen LogP contribution in [-0.4, -0.2) is 34.7 Å². The van der Waals surface area contributed by atoms with Gasteiger partial charge in [-0.05, 0) is 12.5 Å². The van der Waals surface area contributed by atoms with Gasteiger partial charge in [0.05, 0.1) is 17.2 Å². The molecular weight excluding hydrogens is 399 g/mol. The van der Waals surface area contributed by atoms with Crippen LogP contribution in [0.5, 0.6) is 0 Å². The Morgan fingerprint density at radius 3 is 2.90 bits per heavy atom. The van der Waals surface area contributed by atoms with Crippen molar-refractivity contribution in [2.45, 2.75) is 26.3 Å². The van der Waals surface area contributed by atoms with Gasteiger partial charge in [0.15, 0.2) is 5.96 Å². The lowest BCUT2D eigenvalue weighted by atomic mass is 10.4. The van der Waals surface area contributed by atoms with E-state index in [1.165, 1.54) is 9.88 Å². The van der Waals surface area contributed by atoms with E-state index >= 15 is 0 Å². The number of thiazole rings is 1. The normalized spacial score (nSPS) is 11.0. The zero-order chi connectivity index (χ0) is 14.2. The first-order valence-corrected chi connectivity index (χ1v) is 7.49. The molecule has 0 radical (unpaired) electrons. The first kappa shape index (κ1) is 17.9. The Morgan fingerprint density at radius 2 is 2.29 bits per heavy atom. The number of aromatic nitrogens is 3. The third-order valence-electron chi connectivity index (χ3n) is 2.81. The SMILES string of the molecule is CCc1cnc(CCNC(=NC)NCc2ccn[nH]2)s1.I. The van der Waals surface area contributed by atoms with Crippen LogP contribution in [0.15, 0.2) is 23.5 Å². The van der Waals surface area contributed by atoms with Crippen LogP contribution in [0.1, 0.15) is 22.5 Å². The minimum absolute atomic E-state index is 0. The molecule has 0 fully saturated rings. The summed E-state index contributed by atoms with van der Waals surface area (Å²) in [5.41, 5.74) is 1.03. The van der Waals surface area contributed by atoms with E-state index in [1.807, 2.05) is 12.3 Å². The number of nitrogens with one attached hydrogen (secondary N) is 3. The highest BCUT2D eigenvalue weighted by Gasteiger charge is 2.02. The number of nitrogens with zero attached hydrogens (tertiary/aromatic N) is 3. The number of halogens is 1. The molecule has 21 heavy (non-hydrogen) atoms. The second-order valence-corrected chi connectivity index (χ2v) is 5.46. The Bertz CT molecular complexity index is 537. The van der Waals surface area contributed by atoms with Gasteiger partial charge in [0.25, 0.3) is 0 Å². The standard InChI is InChI=1S/C13H20N6S.HI/c1-3-11-9-16-12(20-11)5-6-15-13(14-2)17-8-10-4-7-18-19-10;/h4,7,9H,3,5-6,8H2,1-2H3,(H,18,19)(H2,14,15,17);1H. The van der Waals surface area contributed by atoms with Crippen molar-refractivity contribution in [3.05, 3.63) is 34.0 Å². The van der Waals surface area contributed by atoms with Gasteiger partial charge >= 0.3 is 0 Å². The number of guanidine groups is 1. The maximum absolute atomic E-state index is 4.40. The average molecular weight is 420 g/mol. The molecular formula is C13H21IN6S. The molecule has 0 aliphatic carbocycles. The summed E-state index contributed by atoms with van der Waals surface area (Å²) in [5.74, 6) is 0.784. The lowest BCUT2D eigenvalue weighted by molar-refractivity contribution is 0.778. The van der Waals surface area contributed by atoms with Crippen molar-refractivity contribution >= 4 is 41.3 Å². The summed E-state index contributed by atoms with van der Waals surface area (Å²) in [4.78, 5) is 9.92. The first-order chi connectivity index (χ1) is 9.81. The number of H-pyrrole nitrogens is 1. The Hall–Kier alpha value is -1.16. The van der Waals surface area contributed by atoms with Crippen LogP contribution in [0, 0.1) is 0 Å². The summed E-state index contributed by atoms with van der Waals surface area (Å²) in [6.07, 6.45) is 5.67. The summed E-state index contributed by atoms with van der Waals surface area (Å²) in [5, 5.41) is 14.5. The fraction of sp³-hybridized carbons (Fsp3) is 0.462. The number of aryl methyl sites for hydroxylation is 1. The third-order valence-corrected chi connectivity index (χ3v) is 4.01. The van der Waals surface area contributed by atoms with Gasteiger partial charge in [0.1, 0.15) is 0 Å². The van der Waals surface area contributed by atoms with Crippen LogP contribution in [0.3, 0.4) is 0 Å². The van der Waals surface area contributed by atoms with Crippen LogP contribution in [0.2, 0.25) is 0 Å². The fourth-order valence-electron chi connectivity index (χ4n) is 1.70. The number of hydrogen-bond donors (Lipinski definition) is 3. The molecule has 0 aliphatic heterocycles. The summed E-state index contributed by atoms with van der Waals surface area (Å²) in [6, 6.07) is 1.93. The molecule has 2 rings (SSSR count). The molecule has 8 heteroatoms. The smallest absolute Gasteiger partial charge is 0.191 e. The summed E-state index contributed by atoms with van der Waals surface area (Å²) in [6.45, 7) is 3.65. The average Bonchev–Trinajstić information content (AvgIpc) is 3.13. The molecule has 0 amide bonds. The maximum Gasteiger partial charge on any atom is 0.191 e. The minimum Gasteiger partial charge on any atom is -0.356 e. The lowest BCUT2D eigenvalue weighted by Gasteiger charge is -2.10. The van der Waals surface area contributed by atoms with Crippen LogP contribution in [0.4, 0.5) is 0 Å². The summed E-state index contributed by atoms with van der Waals surface area (Å²) >= 11 is 1.78. The highest BCUT2D eigenvalue weighted by Crippen LogP contribution is 2.13. The molecule has 0 saturated carbocycles. The summed E-state index contributed by atoms with van der Waals surface area (Å²) < 4.78 is 0. The van der Waals surface area contributed by atoms with E-state index in [0.29, 0.717) is 6.54 Å². The van der Waals surface area contributed by atoms with Crippen LogP contribution < -0.4 is 10.6 Å². The molecule has 2 aromatic heterocycles. The first-order valence-electron chi connectivity index (χ1n) is 6.68. The fourth-order valence-corrected chi connectivity index (χ4v) is 2.56. The van der Waals surface area contributed by atoms with Gasteiger partial charge in [0, 0.05) is 37.3 Å². The van der Waals surface area contributed by atoms with E-state index in [2.05, 4.69) is 37.7 Å². The highest BCUT2D eigenvalue weighted by atomic mass is 127.